The predicted octanol–water partition coefficient (Wildman–Crippen LogP) is 1.50. The van der Waals surface area contributed by atoms with Crippen LogP contribution < -0.4 is 0 Å². The number of hydrogen-bond donors (Lipinski definition) is 2. The summed E-state index contributed by atoms with van der Waals surface area (Å²) in [6.07, 6.45) is 1.91. The molecule has 0 saturated carbocycles. The lowest BCUT2D eigenvalue weighted by atomic mass is 10.0. The summed E-state index contributed by atoms with van der Waals surface area (Å²) in [5, 5.41) is 17.7. The van der Waals surface area contributed by atoms with Gasteiger partial charge < -0.3 is 15.1 Å². The summed E-state index contributed by atoms with van der Waals surface area (Å²) in [6.45, 7) is 6.04. The third-order valence-corrected chi connectivity index (χ3v) is 3.09. The smallest absolute Gasteiger partial charge is 0.303 e. The zero-order valence-electron chi connectivity index (χ0n) is 11.6. The minimum atomic E-state index is -0.883. The maximum Gasteiger partial charge on any atom is 0.303 e. The molecule has 0 aliphatic heterocycles. The van der Waals surface area contributed by atoms with E-state index in [1.54, 1.807) is 11.8 Å². The second kappa shape index (κ2) is 8.91. The van der Waals surface area contributed by atoms with Crippen LogP contribution in [0.1, 0.15) is 46.5 Å². The van der Waals surface area contributed by atoms with E-state index < -0.39 is 5.97 Å². The van der Waals surface area contributed by atoms with Gasteiger partial charge in [-0.05, 0) is 18.8 Å². The number of nitrogens with zero attached hydrogens (tertiary/aromatic N) is 1. The molecular formula is C13H25NO4. The van der Waals surface area contributed by atoms with E-state index in [1.807, 2.05) is 13.8 Å². The molecule has 0 bridgehead atoms. The minimum absolute atomic E-state index is 0.00161. The van der Waals surface area contributed by atoms with Crippen LogP contribution in [-0.2, 0) is 9.59 Å². The first-order valence-electron chi connectivity index (χ1n) is 6.58. The van der Waals surface area contributed by atoms with Gasteiger partial charge in [0.05, 0.1) is 6.61 Å². The Morgan fingerprint density at radius 3 is 2.11 bits per heavy atom. The Labute approximate surface area is 109 Å². The second-order valence-corrected chi connectivity index (χ2v) is 4.69. The second-order valence-electron chi connectivity index (χ2n) is 4.69. The highest BCUT2D eigenvalue weighted by atomic mass is 16.4. The average molecular weight is 259 g/mol. The fraction of sp³-hybridized carbons (Fsp3) is 0.846. The van der Waals surface area contributed by atoms with Gasteiger partial charge in [-0.3, -0.25) is 9.59 Å². The predicted molar refractivity (Wildman–Crippen MR) is 69.2 cm³/mol. The van der Waals surface area contributed by atoms with Crippen molar-refractivity contribution in [1.82, 2.24) is 4.90 Å². The molecule has 1 unspecified atom stereocenters. The van der Waals surface area contributed by atoms with Gasteiger partial charge >= 0.3 is 5.97 Å². The zero-order valence-corrected chi connectivity index (χ0v) is 11.6. The van der Waals surface area contributed by atoms with Gasteiger partial charge in [0.1, 0.15) is 0 Å². The molecule has 0 rings (SSSR count). The molecule has 18 heavy (non-hydrogen) atoms. The highest BCUT2D eigenvalue weighted by Crippen LogP contribution is 2.15. The zero-order chi connectivity index (χ0) is 14.1. The monoisotopic (exact) mass is 259 g/mol. The lowest BCUT2D eigenvalue weighted by molar-refractivity contribution is -0.139. The molecule has 5 nitrogen and oxygen atoms in total. The molecule has 0 heterocycles. The SMILES string of the molecule is CCC(CC)N(CCO)C(=O)CC(C)CC(=O)O. The number of rotatable bonds is 9. The Balaban J connectivity index is 4.50. The number of carboxylic acid groups (broad SMARTS) is 1. The Bertz CT molecular complexity index is 264. The molecule has 1 amide bonds. The molecule has 0 aromatic heterocycles. The van der Waals surface area contributed by atoms with E-state index >= 15 is 0 Å². The van der Waals surface area contributed by atoms with Crippen LogP contribution in [0.3, 0.4) is 0 Å². The van der Waals surface area contributed by atoms with E-state index in [0.29, 0.717) is 6.54 Å². The number of aliphatic hydroxyl groups excluding tert-OH is 1. The summed E-state index contributed by atoms with van der Waals surface area (Å²) in [6, 6.07) is 0.127. The van der Waals surface area contributed by atoms with Crippen LogP contribution in [0.4, 0.5) is 0 Å². The number of carboxylic acids is 1. The number of aliphatic hydroxyl groups is 1. The molecule has 106 valence electrons. The van der Waals surface area contributed by atoms with E-state index in [9.17, 15) is 9.59 Å². The van der Waals surface area contributed by atoms with Gasteiger partial charge in [-0.15, -0.1) is 0 Å². The van der Waals surface area contributed by atoms with Crippen molar-refractivity contribution in [1.29, 1.82) is 0 Å². The van der Waals surface area contributed by atoms with Gasteiger partial charge in [0.15, 0.2) is 0 Å². The third kappa shape index (κ3) is 6.00. The number of amides is 1. The quantitative estimate of drug-likeness (QED) is 0.657. The van der Waals surface area contributed by atoms with E-state index in [2.05, 4.69) is 0 Å². The summed E-state index contributed by atoms with van der Waals surface area (Å²) < 4.78 is 0. The van der Waals surface area contributed by atoms with E-state index in [0.717, 1.165) is 12.8 Å². The lowest BCUT2D eigenvalue weighted by Gasteiger charge is -2.30. The van der Waals surface area contributed by atoms with Gasteiger partial charge in [-0.25, -0.2) is 0 Å². The van der Waals surface area contributed by atoms with Gasteiger partial charge in [0.2, 0.25) is 5.91 Å². The molecule has 5 heteroatoms. The van der Waals surface area contributed by atoms with Crippen molar-refractivity contribution in [3.05, 3.63) is 0 Å². The third-order valence-electron chi connectivity index (χ3n) is 3.09. The Morgan fingerprint density at radius 1 is 1.17 bits per heavy atom. The van der Waals surface area contributed by atoms with Crippen LogP contribution in [0, 0.1) is 5.92 Å². The fourth-order valence-electron chi connectivity index (χ4n) is 2.13. The molecule has 1 atom stereocenters. The first-order valence-corrected chi connectivity index (χ1v) is 6.58. The Hall–Kier alpha value is -1.10. The lowest BCUT2D eigenvalue weighted by Crippen LogP contribution is -2.42. The van der Waals surface area contributed by atoms with Crippen molar-refractivity contribution in [2.45, 2.75) is 52.5 Å². The summed E-state index contributed by atoms with van der Waals surface area (Å²) in [5.41, 5.74) is 0. The van der Waals surface area contributed by atoms with Gasteiger partial charge in [-0.2, -0.15) is 0 Å². The van der Waals surface area contributed by atoms with Gasteiger partial charge in [-0.1, -0.05) is 20.8 Å². The summed E-state index contributed by atoms with van der Waals surface area (Å²) in [5.74, 6) is -1.12. The van der Waals surface area contributed by atoms with Crippen molar-refractivity contribution in [2.75, 3.05) is 13.2 Å². The van der Waals surface area contributed by atoms with Crippen molar-refractivity contribution < 1.29 is 19.8 Å². The first-order chi connectivity index (χ1) is 8.46. The highest BCUT2D eigenvalue weighted by Gasteiger charge is 2.22. The first kappa shape index (κ1) is 16.9. The van der Waals surface area contributed by atoms with Gasteiger partial charge in [0, 0.05) is 25.4 Å². The molecule has 2 N–H and O–H groups in total. The number of aliphatic carboxylic acids is 1. The summed E-state index contributed by atoms with van der Waals surface area (Å²) in [4.78, 5) is 24.4. The molecule has 0 aromatic carbocycles. The van der Waals surface area contributed by atoms with Crippen LogP contribution in [0.5, 0.6) is 0 Å². The van der Waals surface area contributed by atoms with Crippen molar-refractivity contribution in [3.63, 3.8) is 0 Å². The fourth-order valence-corrected chi connectivity index (χ4v) is 2.13. The van der Waals surface area contributed by atoms with E-state index in [4.69, 9.17) is 10.2 Å². The molecule has 0 spiro atoms. The number of carbonyl (C=O) groups is 2. The van der Waals surface area contributed by atoms with Crippen LogP contribution in [0.2, 0.25) is 0 Å². The van der Waals surface area contributed by atoms with Crippen LogP contribution in [0.15, 0.2) is 0 Å². The molecule has 0 aliphatic carbocycles. The standard InChI is InChI=1S/C13H25NO4/c1-4-11(5-2)14(6-7-15)12(16)8-10(3)9-13(17)18/h10-11,15H,4-9H2,1-3H3,(H,17,18). The molecular weight excluding hydrogens is 234 g/mol. The van der Waals surface area contributed by atoms with Crippen molar-refractivity contribution >= 4 is 11.9 Å². The normalized spacial score (nSPS) is 12.5. The molecule has 0 saturated heterocycles. The number of carbonyl (C=O) groups excluding carboxylic acids is 1. The van der Waals surface area contributed by atoms with Crippen LogP contribution in [0.25, 0.3) is 0 Å². The Morgan fingerprint density at radius 2 is 1.72 bits per heavy atom. The number of hydrogen-bond acceptors (Lipinski definition) is 3. The topological polar surface area (TPSA) is 77.8 Å². The summed E-state index contributed by atoms with van der Waals surface area (Å²) in [7, 11) is 0. The molecule has 0 aromatic rings. The molecule has 0 aliphatic rings. The van der Waals surface area contributed by atoms with E-state index in [-0.39, 0.29) is 37.3 Å². The highest BCUT2D eigenvalue weighted by molar-refractivity contribution is 5.77. The van der Waals surface area contributed by atoms with Crippen LogP contribution in [-0.4, -0.2) is 46.2 Å². The molecule has 0 fully saturated rings. The van der Waals surface area contributed by atoms with Crippen molar-refractivity contribution in [3.8, 4) is 0 Å². The van der Waals surface area contributed by atoms with E-state index in [1.165, 1.54) is 0 Å². The van der Waals surface area contributed by atoms with Gasteiger partial charge in [0.25, 0.3) is 0 Å². The largest absolute Gasteiger partial charge is 0.481 e. The minimum Gasteiger partial charge on any atom is -0.481 e. The maximum absolute atomic E-state index is 12.1. The summed E-state index contributed by atoms with van der Waals surface area (Å²) >= 11 is 0. The average Bonchev–Trinajstić information content (AvgIpc) is 2.28. The molecule has 0 radical (unpaired) electrons. The van der Waals surface area contributed by atoms with Crippen LogP contribution >= 0.6 is 0 Å². The Kier molecular flexibility index (Phi) is 8.37. The maximum atomic E-state index is 12.1. The van der Waals surface area contributed by atoms with Crippen molar-refractivity contribution in [2.24, 2.45) is 5.92 Å².